The molecule has 0 fully saturated rings. The van der Waals surface area contributed by atoms with Gasteiger partial charge in [-0.05, 0) is 37.1 Å². The van der Waals surface area contributed by atoms with Gasteiger partial charge in [-0.1, -0.05) is 50.2 Å². The third-order valence-electron chi connectivity index (χ3n) is 3.31. The van der Waals surface area contributed by atoms with Crippen LogP contribution in [0.15, 0.2) is 36.4 Å². The van der Waals surface area contributed by atoms with Crippen LogP contribution in [0.1, 0.15) is 44.5 Å². The summed E-state index contributed by atoms with van der Waals surface area (Å²) in [7, 11) is 0. The van der Waals surface area contributed by atoms with Gasteiger partial charge in [-0.25, -0.2) is 0 Å². The van der Waals surface area contributed by atoms with E-state index in [0.717, 1.165) is 34.2 Å². The molecule has 2 aromatic rings. The number of allylic oxidation sites excluding steroid dienone is 1. The van der Waals surface area contributed by atoms with Crippen molar-refractivity contribution in [2.75, 3.05) is 6.61 Å². The number of rotatable bonds is 9. The summed E-state index contributed by atoms with van der Waals surface area (Å²) in [5.74, 6) is 0.886. The lowest BCUT2D eigenvalue weighted by Gasteiger charge is -2.03. The van der Waals surface area contributed by atoms with Gasteiger partial charge in [0, 0.05) is 12.0 Å². The molecule has 0 unspecified atom stereocenters. The van der Waals surface area contributed by atoms with Gasteiger partial charge in [-0.3, -0.25) is 0 Å². The van der Waals surface area contributed by atoms with Gasteiger partial charge in [0.2, 0.25) is 0 Å². The fourth-order valence-corrected chi connectivity index (χ4v) is 2.96. The lowest BCUT2D eigenvalue weighted by Crippen LogP contribution is -1.92. The maximum absolute atomic E-state index is 5.65. The van der Waals surface area contributed by atoms with Crippen molar-refractivity contribution in [1.29, 1.82) is 0 Å². The maximum atomic E-state index is 5.65. The number of benzene rings is 1. The van der Waals surface area contributed by atoms with Crippen LogP contribution >= 0.6 is 11.3 Å². The molecule has 2 rings (SSSR count). The standard InChI is InChI=1S/C18H24N2OS/c1-3-5-7-9-17-19-20-18(22-17)15-10-12-16(13-11-15)21-14-8-6-4-2/h6,8,10-13H,3-5,7,9,14H2,1-2H3. The lowest BCUT2D eigenvalue weighted by atomic mass is 10.2. The Bertz CT molecular complexity index is 575. The summed E-state index contributed by atoms with van der Waals surface area (Å²) in [5.41, 5.74) is 1.11. The van der Waals surface area contributed by atoms with Crippen molar-refractivity contribution >= 4 is 11.3 Å². The summed E-state index contributed by atoms with van der Waals surface area (Å²) < 4.78 is 5.65. The molecule has 3 nitrogen and oxygen atoms in total. The zero-order chi connectivity index (χ0) is 15.6. The molecule has 0 N–H and O–H groups in total. The minimum Gasteiger partial charge on any atom is -0.490 e. The highest BCUT2D eigenvalue weighted by Crippen LogP contribution is 2.26. The van der Waals surface area contributed by atoms with E-state index in [9.17, 15) is 0 Å². The average molecular weight is 316 g/mol. The van der Waals surface area contributed by atoms with Crippen molar-refractivity contribution in [3.8, 4) is 16.3 Å². The third-order valence-corrected chi connectivity index (χ3v) is 4.34. The van der Waals surface area contributed by atoms with E-state index < -0.39 is 0 Å². The molecule has 0 saturated carbocycles. The van der Waals surface area contributed by atoms with Crippen LogP contribution in [-0.4, -0.2) is 16.8 Å². The number of nitrogens with zero attached hydrogens (tertiary/aromatic N) is 2. The molecule has 1 aromatic carbocycles. The summed E-state index contributed by atoms with van der Waals surface area (Å²) in [6, 6.07) is 8.09. The first-order valence-electron chi connectivity index (χ1n) is 8.04. The SMILES string of the molecule is CCC=CCOc1ccc(-c2nnc(CCCCC)s2)cc1. The number of hydrogen-bond donors (Lipinski definition) is 0. The topological polar surface area (TPSA) is 35.0 Å². The van der Waals surface area contributed by atoms with E-state index in [0.29, 0.717) is 6.61 Å². The van der Waals surface area contributed by atoms with Crippen LogP contribution in [0.4, 0.5) is 0 Å². The van der Waals surface area contributed by atoms with E-state index in [2.05, 4.69) is 42.3 Å². The Morgan fingerprint density at radius 3 is 2.59 bits per heavy atom. The van der Waals surface area contributed by atoms with Crippen molar-refractivity contribution in [3.05, 3.63) is 41.4 Å². The van der Waals surface area contributed by atoms with Crippen LogP contribution < -0.4 is 4.74 Å². The van der Waals surface area contributed by atoms with Crippen molar-refractivity contribution in [2.24, 2.45) is 0 Å². The van der Waals surface area contributed by atoms with Crippen LogP contribution in [0.2, 0.25) is 0 Å². The largest absolute Gasteiger partial charge is 0.490 e. The number of aromatic nitrogens is 2. The zero-order valence-corrected chi connectivity index (χ0v) is 14.2. The Morgan fingerprint density at radius 2 is 1.86 bits per heavy atom. The van der Waals surface area contributed by atoms with E-state index >= 15 is 0 Å². The summed E-state index contributed by atoms with van der Waals surface area (Å²) >= 11 is 1.69. The Kier molecular flexibility index (Phi) is 7.10. The van der Waals surface area contributed by atoms with Crippen LogP contribution in [-0.2, 0) is 6.42 Å². The molecular weight excluding hydrogens is 292 g/mol. The first-order valence-corrected chi connectivity index (χ1v) is 8.85. The summed E-state index contributed by atoms with van der Waals surface area (Å²) in [4.78, 5) is 0. The van der Waals surface area contributed by atoms with Crippen LogP contribution in [0, 0.1) is 0 Å². The molecule has 1 aromatic heterocycles. The first-order chi connectivity index (χ1) is 10.8. The molecule has 0 aliphatic carbocycles. The number of hydrogen-bond acceptors (Lipinski definition) is 4. The highest BCUT2D eigenvalue weighted by Gasteiger charge is 2.06. The number of aryl methyl sites for hydroxylation is 1. The predicted molar refractivity (Wildman–Crippen MR) is 93.5 cm³/mol. The molecule has 0 amide bonds. The van der Waals surface area contributed by atoms with Crippen LogP contribution in [0.5, 0.6) is 5.75 Å². The normalized spacial score (nSPS) is 11.2. The zero-order valence-electron chi connectivity index (χ0n) is 13.4. The van der Waals surface area contributed by atoms with E-state index in [1.807, 2.05) is 18.2 Å². The smallest absolute Gasteiger partial charge is 0.147 e. The molecule has 0 bridgehead atoms. The molecule has 22 heavy (non-hydrogen) atoms. The van der Waals surface area contributed by atoms with Gasteiger partial charge >= 0.3 is 0 Å². The van der Waals surface area contributed by atoms with Gasteiger partial charge in [0.1, 0.15) is 22.4 Å². The second-order valence-corrected chi connectivity index (χ2v) is 6.24. The van der Waals surface area contributed by atoms with Gasteiger partial charge in [-0.15, -0.1) is 10.2 Å². The third kappa shape index (κ3) is 5.26. The summed E-state index contributed by atoms with van der Waals surface area (Å²) in [6.45, 7) is 4.95. The summed E-state index contributed by atoms with van der Waals surface area (Å²) in [5, 5.41) is 10.7. The van der Waals surface area contributed by atoms with E-state index in [4.69, 9.17) is 4.74 Å². The molecule has 0 aliphatic rings. The minimum atomic E-state index is 0.619. The molecule has 0 spiro atoms. The second-order valence-electron chi connectivity index (χ2n) is 5.17. The van der Waals surface area contributed by atoms with Gasteiger partial charge in [0.05, 0.1) is 0 Å². The maximum Gasteiger partial charge on any atom is 0.147 e. The Labute approximate surface area is 137 Å². The van der Waals surface area contributed by atoms with Crippen LogP contribution in [0.3, 0.4) is 0 Å². The second kappa shape index (κ2) is 9.36. The van der Waals surface area contributed by atoms with E-state index in [-0.39, 0.29) is 0 Å². The molecule has 4 heteroatoms. The van der Waals surface area contributed by atoms with Gasteiger partial charge < -0.3 is 4.74 Å². The fourth-order valence-electron chi connectivity index (χ4n) is 2.07. The molecule has 1 heterocycles. The lowest BCUT2D eigenvalue weighted by molar-refractivity contribution is 0.362. The van der Waals surface area contributed by atoms with Gasteiger partial charge in [0.25, 0.3) is 0 Å². The van der Waals surface area contributed by atoms with Crippen molar-refractivity contribution in [1.82, 2.24) is 10.2 Å². The highest BCUT2D eigenvalue weighted by atomic mass is 32.1. The number of unbranched alkanes of at least 4 members (excludes halogenated alkanes) is 2. The average Bonchev–Trinajstić information content (AvgIpc) is 3.01. The molecule has 0 saturated heterocycles. The quantitative estimate of drug-likeness (QED) is 0.466. The minimum absolute atomic E-state index is 0.619. The Hall–Kier alpha value is -1.68. The van der Waals surface area contributed by atoms with E-state index in [1.54, 1.807) is 11.3 Å². The molecular formula is C18H24N2OS. The van der Waals surface area contributed by atoms with Gasteiger partial charge in [0.15, 0.2) is 0 Å². The van der Waals surface area contributed by atoms with Crippen molar-refractivity contribution < 1.29 is 4.74 Å². The van der Waals surface area contributed by atoms with E-state index in [1.165, 1.54) is 19.3 Å². The molecule has 0 radical (unpaired) electrons. The Morgan fingerprint density at radius 1 is 1.05 bits per heavy atom. The monoisotopic (exact) mass is 316 g/mol. The number of ether oxygens (including phenoxy) is 1. The molecule has 0 aliphatic heterocycles. The molecule has 0 atom stereocenters. The first kappa shape index (κ1) is 16.7. The summed E-state index contributed by atoms with van der Waals surface area (Å²) in [6.07, 6.45) is 9.92. The van der Waals surface area contributed by atoms with Crippen LogP contribution in [0.25, 0.3) is 10.6 Å². The highest BCUT2D eigenvalue weighted by molar-refractivity contribution is 7.14. The molecule has 118 valence electrons. The van der Waals surface area contributed by atoms with Crippen molar-refractivity contribution in [2.45, 2.75) is 46.0 Å². The fraction of sp³-hybridized carbons (Fsp3) is 0.444. The Balaban J connectivity index is 1.91. The predicted octanol–water partition coefficient (Wildman–Crippen LogP) is 5.28. The van der Waals surface area contributed by atoms with Gasteiger partial charge in [-0.2, -0.15) is 0 Å². The van der Waals surface area contributed by atoms with Crippen molar-refractivity contribution in [3.63, 3.8) is 0 Å².